The van der Waals surface area contributed by atoms with Crippen LogP contribution in [0, 0.1) is 0 Å². The number of hydrogen-bond donors (Lipinski definition) is 2. The van der Waals surface area contributed by atoms with Crippen LogP contribution in [0.5, 0.6) is 0 Å². The molecule has 1 fully saturated rings. The van der Waals surface area contributed by atoms with Gasteiger partial charge in [-0.2, -0.15) is 0 Å². The summed E-state index contributed by atoms with van der Waals surface area (Å²) in [7, 11) is 0. The average molecular weight is 181 g/mol. The second-order valence-corrected chi connectivity index (χ2v) is 3.33. The minimum absolute atomic E-state index is 0.235. The molecule has 13 heavy (non-hydrogen) atoms. The Hall–Kier alpha value is -0.870. The fourth-order valence-corrected chi connectivity index (χ4v) is 1.63. The van der Waals surface area contributed by atoms with Crippen LogP contribution in [0.25, 0.3) is 0 Å². The summed E-state index contributed by atoms with van der Waals surface area (Å²) in [6.45, 7) is 1.51. The van der Waals surface area contributed by atoms with E-state index in [0.29, 0.717) is 6.54 Å². The maximum absolute atomic E-state index is 5.53. The van der Waals surface area contributed by atoms with Gasteiger partial charge in [-0.25, -0.2) is 4.98 Å². The molecular formula is C9H15N3O. The summed E-state index contributed by atoms with van der Waals surface area (Å²) in [5.74, 6) is 0.966. The highest BCUT2D eigenvalue weighted by Gasteiger charge is 2.19. The van der Waals surface area contributed by atoms with Crippen LogP contribution in [0.2, 0.25) is 0 Å². The Morgan fingerprint density at radius 2 is 2.62 bits per heavy atom. The van der Waals surface area contributed by atoms with Crippen LogP contribution >= 0.6 is 0 Å². The predicted octanol–water partition coefficient (Wildman–Crippen LogP) is 0.762. The van der Waals surface area contributed by atoms with Crippen LogP contribution < -0.4 is 5.73 Å². The Kier molecular flexibility index (Phi) is 2.61. The first-order valence-electron chi connectivity index (χ1n) is 4.75. The van der Waals surface area contributed by atoms with E-state index in [-0.39, 0.29) is 6.10 Å². The fraction of sp³-hybridized carbons (Fsp3) is 0.667. The van der Waals surface area contributed by atoms with Crippen molar-refractivity contribution in [2.75, 3.05) is 13.2 Å². The smallest absolute Gasteiger partial charge is 0.107 e. The molecule has 0 spiro atoms. The Bertz CT molecular complexity index is 266. The van der Waals surface area contributed by atoms with E-state index >= 15 is 0 Å². The second-order valence-electron chi connectivity index (χ2n) is 3.33. The molecule has 72 valence electrons. The van der Waals surface area contributed by atoms with Crippen LogP contribution in [0.3, 0.4) is 0 Å². The Labute approximate surface area is 77.5 Å². The molecule has 0 amide bonds. The third kappa shape index (κ3) is 1.89. The zero-order valence-corrected chi connectivity index (χ0v) is 7.62. The van der Waals surface area contributed by atoms with Crippen molar-refractivity contribution in [3.8, 4) is 0 Å². The largest absolute Gasteiger partial charge is 0.372 e. The zero-order chi connectivity index (χ0) is 9.10. The molecule has 1 atom stereocenters. The first-order valence-corrected chi connectivity index (χ1v) is 4.75. The molecule has 4 nitrogen and oxygen atoms in total. The highest BCUT2D eigenvalue weighted by atomic mass is 16.5. The van der Waals surface area contributed by atoms with E-state index < -0.39 is 0 Å². The fourth-order valence-electron chi connectivity index (χ4n) is 1.63. The first kappa shape index (κ1) is 8.72. The predicted molar refractivity (Wildman–Crippen MR) is 49.3 cm³/mol. The third-order valence-corrected chi connectivity index (χ3v) is 2.31. The van der Waals surface area contributed by atoms with Gasteiger partial charge >= 0.3 is 0 Å². The number of aromatic nitrogens is 2. The van der Waals surface area contributed by atoms with E-state index in [1.807, 2.05) is 6.20 Å². The number of H-pyrrole nitrogens is 1. The molecular weight excluding hydrogens is 166 g/mol. The Morgan fingerprint density at radius 1 is 1.69 bits per heavy atom. The number of imidazole rings is 1. The number of nitrogens with one attached hydrogen (secondary N) is 1. The topological polar surface area (TPSA) is 63.9 Å². The molecule has 1 aromatic rings. The van der Waals surface area contributed by atoms with Crippen molar-refractivity contribution in [2.24, 2.45) is 5.73 Å². The van der Waals surface area contributed by atoms with Crippen molar-refractivity contribution in [1.82, 2.24) is 9.97 Å². The van der Waals surface area contributed by atoms with E-state index in [2.05, 4.69) is 9.97 Å². The van der Waals surface area contributed by atoms with Gasteiger partial charge in [-0.05, 0) is 19.4 Å². The van der Waals surface area contributed by atoms with Gasteiger partial charge in [0.15, 0.2) is 0 Å². The van der Waals surface area contributed by atoms with Crippen LogP contribution in [-0.2, 0) is 11.2 Å². The van der Waals surface area contributed by atoms with Crippen LogP contribution in [0.15, 0.2) is 6.20 Å². The maximum atomic E-state index is 5.53. The number of nitrogens with zero attached hydrogens (tertiary/aromatic N) is 1. The van der Waals surface area contributed by atoms with Crippen LogP contribution in [-0.4, -0.2) is 23.1 Å². The molecule has 0 aliphatic carbocycles. The van der Waals surface area contributed by atoms with Gasteiger partial charge in [0, 0.05) is 13.0 Å². The first-order chi connectivity index (χ1) is 6.40. The van der Waals surface area contributed by atoms with Gasteiger partial charge in [0.2, 0.25) is 0 Å². The van der Waals surface area contributed by atoms with Crippen molar-refractivity contribution >= 4 is 0 Å². The van der Waals surface area contributed by atoms with Gasteiger partial charge in [-0.1, -0.05) is 0 Å². The molecule has 0 saturated carbocycles. The SMILES string of the molecule is NCCc1ncc(C2CCCO2)[nH]1. The standard InChI is InChI=1S/C9H15N3O/c10-4-3-9-11-6-7(12-9)8-2-1-5-13-8/h6,8H,1-5,10H2,(H,11,12). The maximum Gasteiger partial charge on any atom is 0.107 e. The lowest BCUT2D eigenvalue weighted by Crippen LogP contribution is -2.04. The number of hydrogen-bond acceptors (Lipinski definition) is 3. The van der Waals surface area contributed by atoms with Crippen molar-refractivity contribution in [2.45, 2.75) is 25.4 Å². The Balaban J connectivity index is 2.03. The number of ether oxygens (including phenoxy) is 1. The number of aromatic amines is 1. The minimum atomic E-state index is 0.235. The lowest BCUT2D eigenvalue weighted by Gasteiger charge is -2.04. The second kappa shape index (κ2) is 3.89. The normalized spacial score (nSPS) is 22.4. The zero-order valence-electron chi connectivity index (χ0n) is 7.62. The molecule has 3 N–H and O–H groups in total. The highest BCUT2D eigenvalue weighted by molar-refractivity contribution is 5.06. The van der Waals surface area contributed by atoms with Crippen LogP contribution in [0.4, 0.5) is 0 Å². The summed E-state index contributed by atoms with van der Waals surface area (Å²) in [5.41, 5.74) is 6.53. The lowest BCUT2D eigenvalue weighted by atomic mass is 10.2. The van der Waals surface area contributed by atoms with Gasteiger partial charge < -0.3 is 15.5 Å². The number of rotatable bonds is 3. The van der Waals surface area contributed by atoms with Gasteiger partial charge in [0.05, 0.1) is 18.0 Å². The average Bonchev–Trinajstić information content (AvgIpc) is 2.70. The molecule has 0 bridgehead atoms. The van der Waals surface area contributed by atoms with Gasteiger partial charge in [0.25, 0.3) is 0 Å². The van der Waals surface area contributed by atoms with Crippen molar-refractivity contribution in [3.63, 3.8) is 0 Å². The monoisotopic (exact) mass is 181 g/mol. The van der Waals surface area contributed by atoms with Gasteiger partial charge in [-0.3, -0.25) is 0 Å². The summed E-state index contributed by atoms with van der Waals surface area (Å²) in [6.07, 6.45) is 5.16. The molecule has 4 heteroatoms. The highest BCUT2D eigenvalue weighted by Crippen LogP contribution is 2.26. The number of nitrogens with two attached hydrogens (primary N) is 1. The van der Waals surface area contributed by atoms with Crippen molar-refractivity contribution < 1.29 is 4.74 Å². The molecule has 1 aliphatic rings. The summed E-state index contributed by atoms with van der Waals surface area (Å²) in [6, 6.07) is 0. The molecule has 2 heterocycles. The molecule has 1 aromatic heterocycles. The summed E-state index contributed by atoms with van der Waals surface area (Å²) in [4.78, 5) is 7.47. The minimum Gasteiger partial charge on any atom is -0.372 e. The van der Waals surface area contributed by atoms with E-state index in [1.165, 1.54) is 0 Å². The van der Waals surface area contributed by atoms with Crippen molar-refractivity contribution in [3.05, 3.63) is 17.7 Å². The molecule has 1 saturated heterocycles. The van der Waals surface area contributed by atoms with Crippen LogP contribution in [0.1, 0.15) is 30.5 Å². The Morgan fingerprint density at radius 3 is 3.31 bits per heavy atom. The summed E-state index contributed by atoms with van der Waals surface area (Å²) >= 11 is 0. The van der Waals surface area contributed by atoms with E-state index in [9.17, 15) is 0 Å². The van der Waals surface area contributed by atoms with Gasteiger partial charge in [0.1, 0.15) is 5.82 Å². The van der Waals surface area contributed by atoms with E-state index in [0.717, 1.165) is 37.4 Å². The van der Waals surface area contributed by atoms with Crippen molar-refractivity contribution in [1.29, 1.82) is 0 Å². The quantitative estimate of drug-likeness (QED) is 0.723. The molecule has 0 radical (unpaired) electrons. The summed E-state index contributed by atoms with van der Waals surface area (Å²) < 4.78 is 5.53. The molecule has 2 rings (SSSR count). The lowest BCUT2D eigenvalue weighted by molar-refractivity contribution is 0.109. The van der Waals surface area contributed by atoms with E-state index in [1.54, 1.807) is 0 Å². The third-order valence-electron chi connectivity index (χ3n) is 2.31. The van der Waals surface area contributed by atoms with E-state index in [4.69, 9.17) is 10.5 Å². The molecule has 1 unspecified atom stereocenters. The molecule has 0 aromatic carbocycles. The van der Waals surface area contributed by atoms with Gasteiger partial charge in [-0.15, -0.1) is 0 Å². The molecule has 1 aliphatic heterocycles. The summed E-state index contributed by atoms with van der Waals surface area (Å²) in [5, 5.41) is 0.